The van der Waals surface area contributed by atoms with Crippen LogP contribution in [0, 0.1) is 11.3 Å². The van der Waals surface area contributed by atoms with Gasteiger partial charge < -0.3 is 14.4 Å². The Kier molecular flexibility index (Phi) is 4.64. The predicted molar refractivity (Wildman–Crippen MR) is 73.5 cm³/mol. The first-order valence-electron chi connectivity index (χ1n) is 6.66. The lowest BCUT2D eigenvalue weighted by Gasteiger charge is -2.19. The lowest BCUT2D eigenvalue weighted by Crippen LogP contribution is -2.21. The summed E-state index contributed by atoms with van der Waals surface area (Å²) in [5, 5.41) is 8.88. The van der Waals surface area contributed by atoms with Crippen LogP contribution in [0.2, 0.25) is 0 Å². The number of ether oxygens (including phenoxy) is 2. The average molecular weight is 260 g/mol. The Labute approximate surface area is 114 Å². The summed E-state index contributed by atoms with van der Waals surface area (Å²) in [6.07, 6.45) is 3.47. The first-order valence-corrected chi connectivity index (χ1v) is 6.66. The highest BCUT2D eigenvalue weighted by atomic mass is 16.5. The van der Waals surface area contributed by atoms with Gasteiger partial charge in [-0.15, -0.1) is 0 Å². The molecular formula is C15H20N2O2. The van der Waals surface area contributed by atoms with Gasteiger partial charge in [0.15, 0.2) is 11.5 Å². The van der Waals surface area contributed by atoms with Gasteiger partial charge in [-0.05, 0) is 45.0 Å². The fourth-order valence-corrected chi connectivity index (χ4v) is 2.34. The van der Waals surface area contributed by atoms with E-state index < -0.39 is 0 Å². The highest BCUT2D eigenvalue weighted by Crippen LogP contribution is 2.30. The number of benzene rings is 1. The first kappa shape index (κ1) is 13.7. The van der Waals surface area contributed by atoms with Crippen LogP contribution in [0.25, 0.3) is 0 Å². The number of nitrogens with zero attached hydrogens (tertiary/aromatic N) is 2. The van der Waals surface area contributed by atoms with Crippen LogP contribution in [-0.2, 0) is 0 Å². The topological polar surface area (TPSA) is 45.5 Å². The number of hydrogen-bond acceptors (Lipinski definition) is 4. The van der Waals surface area contributed by atoms with Gasteiger partial charge >= 0.3 is 0 Å². The zero-order valence-electron chi connectivity index (χ0n) is 11.6. The van der Waals surface area contributed by atoms with Crippen molar-refractivity contribution in [2.75, 3.05) is 27.2 Å². The molecule has 0 N–H and O–H groups in total. The molecule has 0 saturated carbocycles. The maximum Gasteiger partial charge on any atom is 0.162 e. The molecule has 1 fully saturated rings. The van der Waals surface area contributed by atoms with E-state index in [4.69, 9.17) is 14.7 Å². The summed E-state index contributed by atoms with van der Waals surface area (Å²) in [4.78, 5) is 2.33. The number of likely N-dealkylation sites (tertiary alicyclic amines) is 1. The van der Waals surface area contributed by atoms with Crippen molar-refractivity contribution in [1.82, 2.24) is 4.90 Å². The van der Waals surface area contributed by atoms with Crippen LogP contribution in [0.5, 0.6) is 11.5 Å². The molecule has 1 aromatic rings. The van der Waals surface area contributed by atoms with Crippen molar-refractivity contribution in [3.8, 4) is 17.6 Å². The van der Waals surface area contributed by atoms with E-state index in [2.05, 4.69) is 18.0 Å². The van der Waals surface area contributed by atoms with E-state index in [1.165, 1.54) is 0 Å². The second-order valence-corrected chi connectivity index (χ2v) is 4.95. The Hall–Kier alpha value is -1.73. The zero-order valence-corrected chi connectivity index (χ0v) is 11.6. The molecule has 0 bridgehead atoms. The largest absolute Gasteiger partial charge is 0.493 e. The van der Waals surface area contributed by atoms with Crippen molar-refractivity contribution >= 4 is 0 Å². The molecule has 1 unspecified atom stereocenters. The lowest BCUT2D eigenvalue weighted by atomic mass is 10.1. The van der Waals surface area contributed by atoms with Crippen molar-refractivity contribution in [2.45, 2.75) is 25.4 Å². The number of rotatable bonds is 3. The molecule has 4 nitrogen and oxygen atoms in total. The van der Waals surface area contributed by atoms with Crippen molar-refractivity contribution < 1.29 is 9.47 Å². The molecule has 1 atom stereocenters. The third-order valence-corrected chi connectivity index (χ3v) is 3.49. The molecular weight excluding hydrogens is 240 g/mol. The van der Waals surface area contributed by atoms with E-state index in [-0.39, 0.29) is 6.10 Å². The van der Waals surface area contributed by atoms with Gasteiger partial charge in [0.1, 0.15) is 6.10 Å². The molecule has 4 heteroatoms. The Morgan fingerprint density at radius 2 is 2.11 bits per heavy atom. The maximum absolute atomic E-state index is 8.88. The fraction of sp³-hybridized carbons (Fsp3) is 0.533. The number of nitriles is 1. The molecule has 0 amide bonds. The molecule has 1 aliphatic rings. The summed E-state index contributed by atoms with van der Waals surface area (Å²) >= 11 is 0. The molecule has 2 rings (SSSR count). The smallest absolute Gasteiger partial charge is 0.162 e. The third-order valence-electron chi connectivity index (χ3n) is 3.49. The van der Waals surface area contributed by atoms with Crippen molar-refractivity contribution in [1.29, 1.82) is 5.26 Å². The molecule has 1 aromatic carbocycles. The van der Waals surface area contributed by atoms with Gasteiger partial charge in [-0.1, -0.05) is 0 Å². The first-order chi connectivity index (χ1) is 9.22. The molecule has 0 aromatic heterocycles. The molecule has 1 heterocycles. The number of methoxy groups -OCH3 is 1. The van der Waals surface area contributed by atoms with Crippen LogP contribution in [-0.4, -0.2) is 38.3 Å². The highest BCUT2D eigenvalue weighted by molar-refractivity contribution is 5.46. The SMILES string of the molecule is COc1cc(C#N)ccc1OC1CCCN(C)CC1. The van der Waals surface area contributed by atoms with E-state index in [9.17, 15) is 0 Å². The summed E-state index contributed by atoms with van der Waals surface area (Å²) in [6.45, 7) is 2.19. The van der Waals surface area contributed by atoms with Crippen molar-refractivity contribution in [2.24, 2.45) is 0 Å². The summed E-state index contributed by atoms with van der Waals surface area (Å²) in [7, 11) is 3.74. The Balaban J connectivity index is 2.08. The van der Waals surface area contributed by atoms with Gasteiger partial charge in [-0.2, -0.15) is 5.26 Å². The van der Waals surface area contributed by atoms with Crippen LogP contribution in [0.3, 0.4) is 0 Å². The van der Waals surface area contributed by atoms with Gasteiger partial charge in [0.2, 0.25) is 0 Å². The summed E-state index contributed by atoms with van der Waals surface area (Å²) < 4.78 is 11.3. The Bertz CT molecular complexity index is 468. The molecule has 0 aliphatic carbocycles. The van der Waals surface area contributed by atoms with Gasteiger partial charge in [0.05, 0.1) is 18.7 Å². The standard InChI is InChI=1S/C15H20N2O2/c1-17-8-3-4-13(7-9-17)19-14-6-5-12(11-16)10-15(14)18-2/h5-6,10,13H,3-4,7-9H2,1-2H3. The molecule has 1 aliphatic heterocycles. The van der Waals surface area contributed by atoms with Crippen molar-refractivity contribution in [3.05, 3.63) is 23.8 Å². The second-order valence-electron chi connectivity index (χ2n) is 4.95. The third kappa shape index (κ3) is 3.62. The quantitative estimate of drug-likeness (QED) is 0.837. The maximum atomic E-state index is 8.88. The van der Waals surface area contributed by atoms with Gasteiger partial charge in [0.25, 0.3) is 0 Å². The Morgan fingerprint density at radius 3 is 2.84 bits per heavy atom. The minimum atomic E-state index is 0.229. The Morgan fingerprint density at radius 1 is 1.26 bits per heavy atom. The zero-order chi connectivity index (χ0) is 13.7. The molecule has 0 spiro atoms. The van der Waals surface area contributed by atoms with E-state index >= 15 is 0 Å². The summed E-state index contributed by atoms with van der Waals surface area (Å²) in [6, 6.07) is 7.42. The van der Waals surface area contributed by atoms with E-state index in [0.29, 0.717) is 11.3 Å². The van der Waals surface area contributed by atoms with Gasteiger partial charge in [-0.25, -0.2) is 0 Å². The van der Waals surface area contributed by atoms with E-state index in [0.717, 1.165) is 38.1 Å². The molecule has 0 radical (unpaired) electrons. The highest BCUT2D eigenvalue weighted by Gasteiger charge is 2.18. The van der Waals surface area contributed by atoms with Crippen LogP contribution in [0.4, 0.5) is 0 Å². The number of hydrogen-bond donors (Lipinski definition) is 0. The van der Waals surface area contributed by atoms with Crippen LogP contribution in [0.15, 0.2) is 18.2 Å². The van der Waals surface area contributed by atoms with E-state index in [1.807, 2.05) is 6.07 Å². The fourth-order valence-electron chi connectivity index (χ4n) is 2.34. The summed E-state index contributed by atoms with van der Waals surface area (Å²) in [5.74, 6) is 1.37. The summed E-state index contributed by atoms with van der Waals surface area (Å²) in [5.41, 5.74) is 0.588. The minimum Gasteiger partial charge on any atom is -0.493 e. The normalized spacial score (nSPS) is 20.4. The van der Waals surface area contributed by atoms with Gasteiger partial charge in [-0.3, -0.25) is 0 Å². The molecule has 102 valence electrons. The monoisotopic (exact) mass is 260 g/mol. The van der Waals surface area contributed by atoms with Crippen LogP contribution < -0.4 is 9.47 Å². The lowest BCUT2D eigenvalue weighted by molar-refractivity contribution is 0.176. The molecule has 19 heavy (non-hydrogen) atoms. The second kappa shape index (κ2) is 6.44. The van der Waals surface area contributed by atoms with Crippen molar-refractivity contribution in [3.63, 3.8) is 0 Å². The van der Waals surface area contributed by atoms with Crippen LogP contribution >= 0.6 is 0 Å². The average Bonchev–Trinajstić information content (AvgIpc) is 2.64. The molecule has 1 saturated heterocycles. The van der Waals surface area contributed by atoms with E-state index in [1.54, 1.807) is 19.2 Å². The van der Waals surface area contributed by atoms with Gasteiger partial charge in [0, 0.05) is 12.6 Å². The minimum absolute atomic E-state index is 0.229. The van der Waals surface area contributed by atoms with Crippen LogP contribution in [0.1, 0.15) is 24.8 Å². The predicted octanol–water partition coefficient (Wildman–Crippen LogP) is 2.43.